The molecular weight excluding hydrogens is 740 g/mol. The number of hydrogen-bond donors (Lipinski definition) is 2. The first-order chi connectivity index (χ1) is 27.3. The van der Waals surface area contributed by atoms with Crippen LogP contribution < -0.4 is 20.3 Å². The summed E-state index contributed by atoms with van der Waals surface area (Å²) in [5, 5.41) is 15.2. The quantitative estimate of drug-likeness (QED) is 0.148. The maximum atomic E-state index is 13.4. The lowest BCUT2D eigenvalue weighted by Crippen LogP contribution is -2.74. The molecule has 1 unspecified atom stereocenters. The molecule has 3 aliphatic heterocycles. The van der Waals surface area contributed by atoms with Gasteiger partial charge < -0.3 is 19.9 Å². The lowest BCUT2D eigenvalue weighted by Gasteiger charge is -2.63. The van der Waals surface area contributed by atoms with Crippen molar-refractivity contribution >= 4 is 40.9 Å². The van der Waals surface area contributed by atoms with E-state index in [1.807, 2.05) is 24.3 Å². The van der Waals surface area contributed by atoms with Crippen LogP contribution in [-0.2, 0) is 22.6 Å². The van der Waals surface area contributed by atoms with Gasteiger partial charge in [0, 0.05) is 78.9 Å². The summed E-state index contributed by atoms with van der Waals surface area (Å²) in [7, 11) is 0. The molecule has 7 rings (SSSR count). The number of fused-ring (bicyclic) bond motifs is 1. The Kier molecular flexibility index (Phi) is 11.7. The molecule has 2 N–H and O–H groups in total. The molecule has 57 heavy (non-hydrogen) atoms. The van der Waals surface area contributed by atoms with Crippen LogP contribution in [0.1, 0.15) is 104 Å². The number of hydrogen-bond acceptors (Lipinski definition) is 8. The van der Waals surface area contributed by atoms with E-state index >= 15 is 0 Å². The minimum atomic E-state index is -0.596. The third-order valence-electron chi connectivity index (χ3n) is 12.6. The first-order valence-electron chi connectivity index (χ1n) is 20.3. The number of nitrogens with zero attached hydrogens (tertiary/aromatic N) is 4. The van der Waals surface area contributed by atoms with Crippen molar-refractivity contribution in [3.05, 3.63) is 93.5 Å². The minimum Gasteiger partial charge on any atom is -0.489 e. The predicted octanol–water partition coefficient (Wildman–Crippen LogP) is 6.51. The fourth-order valence-corrected chi connectivity index (χ4v) is 9.85. The van der Waals surface area contributed by atoms with Crippen molar-refractivity contribution in [2.24, 2.45) is 10.8 Å². The average molecular weight is 793 g/mol. The molecule has 0 spiro atoms. The minimum absolute atomic E-state index is 0.0875. The number of anilines is 1. The van der Waals surface area contributed by atoms with Crippen LogP contribution in [0.15, 0.2) is 60.7 Å². The van der Waals surface area contributed by atoms with Gasteiger partial charge in [-0.3, -0.25) is 29.4 Å². The number of unbranched alkanes of at least 4 members (excludes halogenated alkanes) is 3. The van der Waals surface area contributed by atoms with Crippen molar-refractivity contribution in [1.82, 2.24) is 20.4 Å². The first-order valence-corrected chi connectivity index (χ1v) is 20.6. The molecule has 3 heterocycles. The molecule has 0 bridgehead atoms. The van der Waals surface area contributed by atoms with Gasteiger partial charge in [-0.1, -0.05) is 64.3 Å². The highest BCUT2D eigenvalue weighted by molar-refractivity contribution is 6.31. The molecule has 11 nitrogen and oxygen atoms in total. The highest BCUT2D eigenvalue weighted by Crippen LogP contribution is 2.55. The van der Waals surface area contributed by atoms with Crippen molar-refractivity contribution in [3.8, 4) is 11.8 Å². The summed E-state index contributed by atoms with van der Waals surface area (Å²) < 4.78 is 6.37. The van der Waals surface area contributed by atoms with Crippen LogP contribution >= 0.6 is 11.6 Å². The van der Waals surface area contributed by atoms with Gasteiger partial charge in [0.1, 0.15) is 24.0 Å². The zero-order valence-electron chi connectivity index (χ0n) is 33.4. The number of nitriles is 1. The Hall–Kier alpha value is -4.92. The van der Waals surface area contributed by atoms with Crippen LogP contribution in [0.5, 0.6) is 5.75 Å². The predicted molar refractivity (Wildman–Crippen MR) is 219 cm³/mol. The number of carbonyl (C=O) groups is 4. The summed E-state index contributed by atoms with van der Waals surface area (Å²) in [4.78, 5) is 56.9. The van der Waals surface area contributed by atoms with E-state index in [1.165, 1.54) is 12.0 Å². The van der Waals surface area contributed by atoms with Gasteiger partial charge in [-0.15, -0.1) is 0 Å². The summed E-state index contributed by atoms with van der Waals surface area (Å²) in [5.41, 5.74) is 4.34. The molecule has 4 amide bonds. The van der Waals surface area contributed by atoms with Crippen molar-refractivity contribution in [2.75, 3.05) is 37.6 Å². The number of carbonyl (C=O) groups excluding carboxylic acids is 4. The summed E-state index contributed by atoms with van der Waals surface area (Å²) in [5.74, 6) is -0.275. The number of aryl methyl sites for hydroxylation is 1. The molecule has 3 fully saturated rings. The van der Waals surface area contributed by atoms with E-state index in [0.717, 1.165) is 69.7 Å². The number of ether oxygens (including phenoxy) is 1. The molecule has 300 valence electrons. The van der Waals surface area contributed by atoms with Gasteiger partial charge >= 0.3 is 0 Å². The molecule has 1 atom stereocenters. The number of imide groups is 1. The van der Waals surface area contributed by atoms with E-state index in [1.54, 1.807) is 23.1 Å². The third-order valence-corrected chi connectivity index (χ3v) is 12.9. The van der Waals surface area contributed by atoms with E-state index in [-0.39, 0.29) is 53.0 Å². The lowest BCUT2D eigenvalue weighted by molar-refractivity contribution is -0.164. The van der Waals surface area contributed by atoms with E-state index in [2.05, 4.69) is 72.4 Å². The van der Waals surface area contributed by atoms with Crippen molar-refractivity contribution in [1.29, 1.82) is 5.26 Å². The zero-order valence-corrected chi connectivity index (χ0v) is 34.2. The zero-order chi connectivity index (χ0) is 40.5. The molecule has 0 aromatic heterocycles. The normalized spacial score (nSPS) is 22.7. The lowest BCUT2D eigenvalue weighted by atomic mass is 9.49. The Bertz CT molecular complexity index is 2050. The fourth-order valence-electron chi connectivity index (χ4n) is 9.64. The molecular formula is C45H53ClN6O5. The maximum Gasteiger partial charge on any atom is 0.255 e. The molecule has 3 aromatic rings. The molecule has 4 aliphatic rings. The smallest absolute Gasteiger partial charge is 0.255 e. The van der Waals surface area contributed by atoms with Crippen LogP contribution in [0.3, 0.4) is 0 Å². The Morgan fingerprint density at radius 1 is 0.930 bits per heavy atom. The Balaban J connectivity index is 0.791. The maximum absolute atomic E-state index is 13.4. The van der Waals surface area contributed by atoms with Crippen LogP contribution in [0, 0.1) is 22.2 Å². The summed E-state index contributed by atoms with van der Waals surface area (Å²) in [6.07, 6.45) is 6.06. The molecule has 0 radical (unpaired) electrons. The van der Waals surface area contributed by atoms with Crippen LogP contribution in [0.2, 0.25) is 5.02 Å². The molecule has 12 heteroatoms. The second-order valence-electron chi connectivity index (χ2n) is 17.2. The van der Waals surface area contributed by atoms with Gasteiger partial charge in [0.25, 0.3) is 11.8 Å². The highest BCUT2D eigenvalue weighted by Gasteiger charge is 2.64. The van der Waals surface area contributed by atoms with Crippen molar-refractivity contribution < 1.29 is 23.9 Å². The summed E-state index contributed by atoms with van der Waals surface area (Å²) in [6.45, 7) is 13.7. The third kappa shape index (κ3) is 8.39. The molecule has 1 saturated carbocycles. The van der Waals surface area contributed by atoms with Gasteiger partial charge in [0.2, 0.25) is 11.8 Å². The topological polar surface area (TPSA) is 135 Å². The first kappa shape index (κ1) is 40.3. The van der Waals surface area contributed by atoms with E-state index in [0.29, 0.717) is 40.4 Å². The number of halogens is 1. The molecule has 1 aliphatic carbocycles. The van der Waals surface area contributed by atoms with Gasteiger partial charge in [0.05, 0.1) is 10.6 Å². The molecule has 2 saturated heterocycles. The SMILES string of the molecule is CC1(C)C(NC(=O)c2ccc(CCCCCCN3CCN(c4ccc5c(c4)CN(C4CCC(=O)NC4=O)C5=O)CC3)cc2)C(C)(C)C1Oc1ccc(C#N)c(Cl)c1. The fraction of sp³-hybridized carbons (Fsp3) is 0.489. The highest BCUT2D eigenvalue weighted by atomic mass is 35.5. The summed E-state index contributed by atoms with van der Waals surface area (Å²) in [6, 6.07) is 20.5. The van der Waals surface area contributed by atoms with Crippen molar-refractivity contribution in [3.63, 3.8) is 0 Å². The molecule has 3 aromatic carbocycles. The van der Waals surface area contributed by atoms with E-state index in [4.69, 9.17) is 16.3 Å². The van der Waals surface area contributed by atoms with E-state index < -0.39 is 6.04 Å². The number of rotatable bonds is 13. The van der Waals surface area contributed by atoms with Crippen molar-refractivity contribution in [2.45, 2.75) is 97.4 Å². The second kappa shape index (κ2) is 16.5. The van der Waals surface area contributed by atoms with Gasteiger partial charge in [-0.05, 0) is 85.8 Å². The standard InChI is InChI=1S/C45H53ClN6O5/c1-44(2)42(45(3,4)43(44)57-34-16-14-31(27-47)36(46)26-34)49-39(54)30-12-10-29(11-13-30)9-7-5-6-8-20-50-21-23-51(24-22-50)33-15-17-35-32(25-33)28-52(41(35)56)37-18-19-38(53)48-40(37)55/h10-17,25-26,37,42-43H,5-9,18-24,28H2,1-4H3,(H,49,54)(H,48,53,55). The summed E-state index contributed by atoms with van der Waals surface area (Å²) >= 11 is 6.24. The average Bonchev–Trinajstić information content (AvgIpc) is 3.52. The number of piperidine rings is 1. The Morgan fingerprint density at radius 2 is 1.65 bits per heavy atom. The number of nitrogens with one attached hydrogen (secondary N) is 2. The van der Waals surface area contributed by atoms with Crippen LogP contribution in [0.25, 0.3) is 0 Å². The van der Waals surface area contributed by atoms with Gasteiger partial charge in [-0.25, -0.2) is 0 Å². The number of piperazine rings is 1. The number of benzene rings is 3. The van der Waals surface area contributed by atoms with Crippen LogP contribution in [-0.4, -0.2) is 84.3 Å². The largest absolute Gasteiger partial charge is 0.489 e. The Morgan fingerprint density at radius 3 is 2.33 bits per heavy atom. The monoisotopic (exact) mass is 792 g/mol. The van der Waals surface area contributed by atoms with Gasteiger partial charge in [0.15, 0.2) is 0 Å². The van der Waals surface area contributed by atoms with E-state index in [9.17, 15) is 24.4 Å². The van der Waals surface area contributed by atoms with Gasteiger partial charge in [-0.2, -0.15) is 5.26 Å². The Labute approximate surface area is 340 Å². The number of amides is 4. The van der Waals surface area contributed by atoms with Crippen LogP contribution in [0.4, 0.5) is 5.69 Å². The second-order valence-corrected chi connectivity index (χ2v) is 17.6.